The van der Waals surface area contributed by atoms with E-state index in [9.17, 15) is 15.3 Å². The molecule has 4 aliphatic rings. The molecule has 0 saturated heterocycles. The van der Waals surface area contributed by atoms with Gasteiger partial charge in [-0.3, -0.25) is 0 Å². The van der Waals surface area contributed by atoms with Crippen molar-refractivity contribution in [3.8, 4) is 0 Å². The van der Waals surface area contributed by atoms with Crippen LogP contribution in [0.1, 0.15) is 119 Å². The van der Waals surface area contributed by atoms with Crippen molar-refractivity contribution in [2.75, 3.05) is 6.61 Å². The average molecular weight is 523 g/mol. The van der Waals surface area contributed by atoms with Crippen LogP contribution in [0.4, 0.5) is 0 Å². The standard InChI is InChI=1S/C31H54O4S/c1-7-30(34,8-2)20-35-25-14-17-28(5)22-12-18-29(6)23(21(22)10-11-24(28)26(25)32)13-19-31(29,36)16-9-15-27(3,4)33/h11,21-23,25-26,32-34,36H,7-10,12-20H2,1-6H3. The molecule has 4 aliphatic carbocycles. The van der Waals surface area contributed by atoms with Gasteiger partial charge in [-0.1, -0.05) is 33.8 Å². The molecule has 0 spiro atoms. The van der Waals surface area contributed by atoms with E-state index in [0.717, 1.165) is 38.5 Å². The maximum Gasteiger partial charge on any atom is 0.102 e. The minimum Gasteiger partial charge on any atom is -0.390 e. The van der Waals surface area contributed by atoms with Gasteiger partial charge in [-0.25, -0.2) is 0 Å². The van der Waals surface area contributed by atoms with Crippen LogP contribution in [0.25, 0.3) is 0 Å². The third-order valence-corrected chi connectivity index (χ3v) is 12.7. The lowest BCUT2D eigenvalue weighted by Gasteiger charge is -2.60. The summed E-state index contributed by atoms with van der Waals surface area (Å²) in [6, 6.07) is 0. The van der Waals surface area contributed by atoms with Gasteiger partial charge in [0, 0.05) is 4.75 Å². The Kier molecular flexibility index (Phi) is 8.16. The van der Waals surface area contributed by atoms with Crippen LogP contribution in [0.2, 0.25) is 0 Å². The number of fused-ring (bicyclic) bond motifs is 5. The van der Waals surface area contributed by atoms with Crippen LogP contribution in [0.5, 0.6) is 0 Å². The van der Waals surface area contributed by atoms with E-state index in [1.54, 1.807) is 0 Å². The summed E-state index contributed by atoms with van der Waals surface area (Å²) in [5, 5.41) is 32.4. The van der Waals surface area contributed by atoms with Gasteiger partial charge in [0.15, 0.2) is 0 Å². The van der Waals surface area contributed by atoms with E-state index in [2.05, 4.69) is 19.9 Å². The van der Waals surface area contributed by atoms with Crippen molar-refractivity contribution in [2.45, 2.75) is 147 Å². The van der Waals surface area contributed by atoms with Gasteiger partial charge in [-0.05, 0) is 125 Å². The lowest BCUT2D eigenvalue weighted by atomic mass is 9.47. The van der Waals surface area contributed by atoms with Crippen molar-refractivity contribution in [1.82, 2.24) is 0 Å². The maximum absolute atomic E-state index is 11.4. The second kappa shape index (κ2) is 10.2. The lowest BCUT2D eigenvalue weighted by Crippen LogP contribution is -2.55. The Balaban J connectivity index is 1.48. The molecule has 3 fully saturated rings. The molecule has 8 atom stereocenters. The highest BCUT2D eigenvalue weighted by molar-refractivity contribution is 7.81. The van der Waals surface area contributed by atoms with Crippen LogP contribution in [0.15, 0.2) is 11.6 Å². The Hall–Kier alpha value is -0.0700. The Morgan fingerprint density at radius 3 is 2.33 bits per heavy atom. The minimum absolute atomic E-state index is 0.0398. The summed E-state index contributed by atoms with van der Waals surface area (Å²) in [6.07, 6.45) is 13.7. The smallest absolute Gasteiger partial charge is 0.102 e. The Morgan fingerprint density at radius 2 is 1.69 bits per heavy atom. The third kappa shape index (κ3) is 4.98. The van der Waals surface area contributed by atoms with Gasteiger partial charge in [0.2, 0.25) is 0 Å². The van der Waals surface area contributed by atoms with Gasteiger partial charge < -0.3 is 20.1 Å². The van der Waals surface area contributed by atoms with Crippen molar-refractivity contribution < 1.29 is 20.1 Å². The SMILES string of the molecule is CCC(O)(CC)COC1CCC2(C)C(=CCC3C2CCC2(C)C3CCC2(S)CCCC(C)(C)O)C1O. The summed E-state index contributed by atoms with van der Waals surface area (Å²) >= 11 is 5.40. The molecule has 5 heteroatoms. The van der Waals surface area contributed by atoms with Crippen LogP contribution in [-0.2, 0) is 4.74 Å². The molecule has 0 aromatic carbocycles. The summed E-state index contributed by atoms with van der Waals surface area (Å²) in [6.45, 7) is 13.1. The molecule has 0 aliphatic heterocycles. The number of rotatable bonds is 9. The van der Waals surface area contributed by atoms with E-state index in [1.165, 1.54) is 31.3 Å². The van der Waals surface area contributed by atoms with E-state index in [4.69, 9.17) is 17.4 Å². The van der Waals surface area contributed by atoms with Crippen LogP contribution >= 0.6 is 12.6 Å². The Bertz CT molecular complexity index is 816. The molecule has 8 unspecified atom stereocenters. The first kappa shape index (κ1) is 28.9. The second-order valence-electron chi connectivity index (χ2n) is 14.1. The molecule has 36 heavy (non-hydrogen) atoms. The van der Waals surface area contributed by atoms with Gasteiger partial charge >= 0.3 is 0 Å². The number of allylic oxidation sites excluding steroid dienone is 1. The first-order chi connectivity index (χ1) is 16.7. The second-order valence-corrected chi connectivity index (χ2v) is 15.0. The predicted molar refractivity (Wildman–Crippen MR) is 150 cm³/mol. The number of hydrogen-bond acceptors (Lipinski definition) is 5. The minimum atomic E-state index is -0.797. The van der Waals surface area contributed by atoms with Crippen LogP contribution in [-0.4, -0.2) is 50.1 Å². The molecular weight excluding hydrogens is 468 g/mol. The van der Waals surface area contributed by atoms with Crippen LogP contribution in [0.3, 0.4) is 0 Å². The molecule has 4 nitrogen and oxygen atoms in total. The molecular formula is C31H54O4S. The van der Waals surface area contributed by atoms with E-state index < -0.39 is 17.3 Å². The van der Waals surface area contributed by atoms with Crippen molar-refractivity contribution in [3.05, 3.63) is 11.6 Å². The molecule has 3 N–H and O–H groups in total. The molecule has 4 rings (SSSR count). The normalized spacial score (nSPS) is 42.9. The first-order valence-corrected chi connectivity index (χ1v) is 15.3. The molecule has 0 radical (unpaired) electrons. The van der Waals surface area contributed by atoms with E-state index >= 15 is 0 Å². The Morgan fingerprint density at radius 1 is 1.03 bits per heavy atom. The van der Waals surface area contributed by atoms with Crippen molar-refractivity contribution in [2.24, 2.45) is 28.6 Å². The topological polar surface area (TPSA) is 69.9 Å². The molecule has 0 aromatic rings. The van der Waals surface area contributed by atoms with Gasteiger partial charge in [0.1, 0.15) is 6.10 Å². The van der Waals surface area contributed by atoms with Gasteiger partial charge in [0.05, 0.1) is 23.9 Å². The lowest BCUT2D eigenvalue weighted by molar-refractivity contribution is -0.128. The largest absolute Gasteiger partial charge is 0.390 e. The fourth-order valence-electron chi connectivity index (χ4n) is 8.93. The molecule has 3 saturated carbocycles. The van der Waals surface area contributed by atoms with Crippen molar-refractivity contribution in [3.63, 3.8) is 0 Å². The number of ether oxygens (including phenoxy) is 1. The Labute approximate surface area is 226 Å². The van der Waals surface area contributed by atoms with E-state index in [0.29, 0.717) is 37.2 Å². The highest BCUT2D eigenvalue weighted by Gasteiger charge is 2.63. The maximum atomic E-state index is 11.4. The summed E-state index contributed by atoms with van der Waals surface area (Å²) < 4.78 is 6.23. The van der Waals surface area contributed by atoms with Crippen molar-refractivity contribution in [1.29, 1.82) is 0 Å². The number of aliphatic hydroxyl groups excluding tert-OH is 1. The fourth-order valence-corrected chi connectivity index (χ4v) is 9.50. The molecule has 208 valence electrons. The number of thiol groups is 1. The summed E-state index contributed by atoms with van der Waals surface area (Å²) in [4.78, 5) is 0. The van der Waals surface area contributed by atoms with Gasteiger partial charge in [-0.2, -0.15) is 12.6 Å². The molecule has 0 bridgehead atoms. The third-order valence-electron chi connectivity index (χ3n) is 11.7. The molecule has 0 heterocycles. The average Bonchev–Trinajstić information content (AvgIpc) is 3.08. The van der Waals surface area contributed by atoms with Crippen LogP contribution in [0, 0.1) is 28.6 Å². The highest BCUT2D eigenvalue weighted by Crippen LogP contribution is 2.69. The summed E-state index contributed by atoms with van der Waals surface area (Å²) in [5.41, 5.74) is 0.0882. The number of aliphatic hydroxyl groups is 3. The van der Waals surface area contributed by atoms with Crippen LogP contribution < -0.4 is 0 Å². The fraction of sp³-hybridized carbons (Fsp3) is 0.935. The molecule has 0 amide bonds. The van der Waals surface area contributed by atoms with E-state index in [-0.39, 0.29) is 21.7 Å². The summed E-state index contributed by atoms with van der Waals surface area (Å²) in [5.74, 6) is 1.96. The monoisotopic (exact) mass is 522 g/mol. The zero-order chi connectivity index (χ0) is 26.6. The predicted octanol–water partition coefficient (Wildman–Crippen LogP) is 6.47. The zero-order valence-electron chi connectivity index (χ0n) is 23.9. The molecule has 0 aromatic heterocycles. The van der Waals surface area contributed by atoms with Crippen molar-refractivity contribution >= 4 is 12.6 Å². The highest BCUT2D eigenvalue weighted by atomic mass is 32.1. The zero-order valence-corrected chi connectivity index (χ0v) is 24.7. The summed E-state index contributed by atoms with van der Waals surface area (Å²) in [7, 11) is 0. The quantitative estimate of drug-likeness (QED) is 0.207. The van der Waals surface area contributed by atoms with E-state index in [1.807, 2.05) is 27.7 Å². The van der Waals surface area contributed by atoms with Gasteiger partial charge in [-0.15, -0.1) is 0 Å². The number of hydrogen-bond donors (Lipinski definition) is 4. The first-order valence-electron chi connectivity index (χ1n) is 14.9. The van der Waals surface area contributed by atoms with Gasteiger partial charge in [0.25, 0.3) is 0 Å².